The molecule has 1 unspecified atom stereocenters. The van der Waals surface area contributed by atoms with Crippen LogP contribution in [0, 0.1) is 0 Å². The van der Waals surface area contributed by atoms with Crippen LogP contribution in [0.5, 0.6) is 5.75 Å². The summed E-state index contributed by atoms with van der Waals surface area (Å²) in [5.41, 5.74) is 8.98. The summed E-state index contributed by atoms with van der Waals surface area (Å²) in [6.45, 7) is 2.27. The summed E-state index contributed by atoms with van der Waals surface area (Å²) in [4.78, 5) is 21.0. The molecule has 232 valence electrons. The summed E-state index contributed by atoms with van der Waals surface area (Å²) < 4.78 is 65.9. The number of carbonyl (C=O) groups is 2. The minimum absolute atomic E-state index is 0.135. The lowest BCUT2D eigenvalue weighted by atomic mass is 10.0. The maximum Gasteiger partial charge on any atom is 0.490 e. The molecule has 0 radical (unpaired) electrons. The van der Waals surface area contributed by atoms with E-state index in [-0.39, 0.29) is 21.8 Å². The molecule has 0 spiro atoms. The first-order chi connectivity index (χ1) is 20.1. The summed E-state index contributed by atoms with van der Waals surface area (Å²) >= 11 is 7.00. The molecule has 0 saturated carbocycles. The molecule has 0 aliphatic carbocycles. The van der Waals surface area contributed by atoms with Gasteiger partial charge in [-0.2, -0.15) is 18.3 Å². The van der Waals surface area contributed by atoms with Gasteiger partial charge < -0.3 is 15.6 Å². The number of carboxylic acids is 1. The Balaban J connectivity index is 0.000000646. The van der Waals surface area contributed by atoms with Crippen molar-refractivity contribution in [1.82, 2.24) is 9.78 Å². The van der Waals surface area contributed by atoms with E-state index in [2.05, 4.69) is 6.07 Å². The first-order valence-corrected chi connectivity index (χ1v) is 15.6. The van der Waals surface area contributed by atoms with Crippen molar-refractivity contribution < 1.29 is 41.0 Å². The second-order valence-corrected chi connectivity index (χ2v) is 13.6. The summed E-state index contributed by atoms with van der Waals surface area (Å²) in [6.07, 6.45) is -3.62. The molecule has 15 heteroatoms. The number of thiophene rings is 1. The van der Waals surface area contributed by atoms with E-state index in [9.17, 15) is 26.4 Å². The molecule has 2 aromatic carbocycles. The van der Waals surface area contributed by atoms with Crippen LogP contribution in [0.3, 0.4) is 0 Å². The van der Waals surface area contributed by atoms with Crippen molar-refractivity contribution in [2.75, 3.05) is 7.11 Å². The maximum absolute atomic E-state index is 13.1. The fourth-order valence-corrected chi connectivity index (χ4v) is 7.03. The van der Waals surface area contributed by atoms with Crippen molar-refractivity contribution in [3.05, 3.63) is 75.8 Å². The molecular formula is C28H29ClF3N3O6S2. The predicted octanol–water partition coefficient (Wildman–Crippen LogP) is 5.65. The Labute approximate surface area is 254 Å². The fourth-order valence-electron chi connectivity index (χ4n) is 4.18. The van der Waals surface area contributed by atoms with E-state index in [0.29, 0.717) is 47.0 Å². The predicted molar refractivity (Wildman–Crippen MR) is 157 cm³/mol. The largest absolute Gasteiger partial charge is 0.496 e. The number of hydrogen-bond acceptors (Lipinski definition) is 8. The standard InChI is InChI=1S/C26H28ClN3O4S2.C2HF3O2/c1-17(28)13-20(31)10-9-18-5-3-6-19(14-18)15-30-22-7-4-8-23(34-2)26(22)21(29-30)16-36(32,33)25-12-11-24(27)35-25;3-2(4,5)1(6)7/h3-8,11-12,14,17H,9-10,13,15-16,28H2,1-2H3;(H,6,7). The van der Waals surface area contributed by atoms with Crippen molar-refractivity contribution in [1.29, 1.82) is 0 Å². The number of ether oxygens (including phenoxy) is 1. The highest BCUT2D eigenvalue weighted by Crippen LogP contribution is 2.33. The van der Waals surface area contributed by atoms with Crippen LogP contribution < -0.4 is 10.5 Å². The molecule has 4 rings (SSSR count). The number of aliphatic carboxylic acids is 1. The molecule has 0 saturated heterocycles. The van der Waals surface area contributed by atoms with Gasteiger partial charge in [0.2, 0.25) is 0 Å². The van der Waals surface area contributed by atoms with Gasteiger partial charge in [0.05, 0.1) is 34.6 Å². The molecule has 3 N–H and O–H groups in total. The van der Waals surface area contributed by atoms with Gasteiger partial charge in [0, 0.05) is 18.9 Å². The number of hydrogen-bond donors (Lipinski definition) is 2. The summed E-state index contributed by atoms with van der Waals surface area (Å²) in [5, 5.41) is 12.5. The monoisotopic (exact) mass is 659 g/mol. The number of halogens is 4. The van der Waals surface area contributed by atoms with Crippen molar-refractivity contribution in [3.63, 3.8) is 0 Å². The molecule has 0 amide bonds. The Morgan fingerprint density at radius 3 is 2.37 bits per heavy atom. The number of ketones is 1. The van der Waals surface area contributed by atoms with Crippen LogP contribution in [0.15, 0.2) is 58.8 Å². The number of aryl methyl sites for hydroxylation is 1. The van der Waals surface area contributed by atoms with Gasteiger partial charge in [0.1, 0.15) is 21.5 Å². The van der Waals surface area contributed by atoms with Crippen LogP contribution in [0.2, 0.25) is 4.34 Å². The average Bonchev–Trinajstić information content (AvgIpc) is 3.51. The zero-order chi connectivity index (χ0) is 31.9. The quantitative estimate of drug-likeness (QED) is 0.210. The van der Waals surface area contributed by atoms with E-state index < -0.39 is 22.0 Å². The normalized spacial score (nSPS) is 12.4. The third-order valence-electron chi connectivity index (χ3n) is 6.02. The van der Waals surface area contributed by atoms with Crippen molar-refractivity contribution in [2.24, 2.45) is 5.73 Å². The van der Waals surface area contributed by atoms with Crippen molar-refractivity contribution >= 4 is 55.4 Å². The number of carbonyl (C=O) groups excluding carboxylic acids is 1. The third-order valence-corrected chi connectivity index (χ3v) is 9.46. The summed E-state index contributed by atoms with van der Waals surface area (Å²) in [6, 6.07) is 16.5. The van der Waals surface area contributed by atoms with Crippen molar-refractivity contribution in [2.45, 2.75) is 54.9 Å². The van der Waals surface area contributed by atoms with Crippen LogP contribution in [0.1, 0.15) is 36.6 Å². The van der Waals surface area contributed by atoms with Crippen molar-refractivity contribution in [3.8, 4) is 5.75 Å². The van der Waals surface area contributed by atoms with E-state index >= 15 is 0 Å². The lowest BCUT2D eigenvalue weighted by Crippen LogP contribution is -2.21. The van der Waals surface area contributed by atoms with Gasteiger partial charge in [0.15, 0.2) is 9.84 Å². The molecule has 0 fully saturated rings. The zero-order valence-electron chi connectivity index (χ0n) is 23.1. The minimum Gasteiger partial charge on any atom is -0.496 e. The minimum atomic E-state index is -5.08. The molecule has 0 aliphatic heterocycles. The van der Waals surface area contributed by atoms with Gasteiger partial charge in [-0.25, -0.2) is 13.2 Å². The molecule has 0 bridgehead atoms. The number of methoxy groups -OCH3 is 1. The topological polar surface area (TPSA) is 142 Å². The van der Waals surface area contributed by atoms with Crippen LogP contribution in [-0.2, 0) is 38.1 Å². The number of aromatic nitrogens is 2. The van der Waals surface area contributed by atoms with E-state index in [4.69, 9.17) is 37.1 Å². The lowest BCUT2D eigenvalue weighted by molar-refractivity contribution is -0.192. The fraction of sp³-hybridized carbons (Fsp3) is 0.321. The molecule has 0 aliphatic rings. The molecule has 1 atom stereocenters. The Hall–Kier alpha value is -3.46. The first-order valence-electron chi connectivity index (χ1n) is 12.8. The average molecular weight is 660 g/mol. The highest BCUT2D eigenvalue weighted by molar-refractivity contribution is 7.92. The molecule has 4 aromatic rings. The highest BCUT2D eigenvalue weighted by atomic mass is 35.5. The van der Waals surface area contributed by atoms with E-state index in [1.807, 2.05) is 37.3 Å². The summed E-state index contributed by atoms with van der Waals surface area (Å²) in [7, 11) is -2.08. The number of nitrogens with two attached hydrogens (primary N) is 1. The number of nitrogens with zero attached hydrogens (tertiary/aromatic N) is 2. The number of alkyl halides is 3. The van der Waals surface area contributed by atoms with E-state index in [0.717, 1.165) is 28.0 Å². The Morgan fingerprint density at radius 2 is 1.79 bits per heavy atom. The highest BCUT2D eigenvalue weighted by Gasteiger charge is 2.38. The van der Waals surface area contributed by atoms with Gasteiger partial charge in [-0.15, -0.1) is 11.3 Å². The second kappa shape index (κ2) is 14.3. The Morgan fingerprint density at radius 1 is 1.14 bits per heavy atom. The van der Waals surface area contributed by atoms with Crippen LogP contribution >= 0.6 is 22.9 Å². The lowest BCUT2D eigenvalue weighted by Gasteiger charge is -2.08. The number of fused-ring (bicyclic) bond motifs is 1. The van der Waals surface area contributed by atoms with E-state index in [1.165, 1.54) is 6.07 Å². The van der Waals surface area contributed by atoms with Gasteiger partial charge in [-0.05, 0) is 48.7 Å². The van der Waals surface area contributed by atoms with Gasteiger partial charge in [-0.1, -0.05) is 41.9 Å². The molecule has 2 heterocycles. The Kier molecular flexibility index (Phi) is 11.4. The number of Topliss-reactive ketones (excluding diaryl/α,β-unsaturated/α-hetero) is 1. The van der Waals surface area contributed by atoms with Gasteiger partial charge in [0.25, 0.3) is 0 Å². The smallest absolute Gasteiger partial charge is 0.490 e. The summed E-state index contributed by atoms with van der Waals surface area (Å²) in [5.74, 6) is -2.31. The molecular weight excluding hydrogens is 631 g/mol. The third kappa shape index (κ3) is 9.51. The van der Waals surface area contributed by atoms with Crippen LogP contribution in [0.25, 0.3) is 10.9 Å². The maximum atomic E-state index is 13.1. The molecule has 2 aromatic heterocycles. The van der Waals surface area contributed by atoms with Gasteiger partial charge in [-0.3, -0.25) is 9.48 Å². The number of carboxylic acid groups (broad SMARTS) is 1. The van der Waals surface area contributed by atoms with Crippen LogP contribution in [0.4, 0.5) is 13.2 Å². The number of rotatable bonds is 11. The van der Waals surface area contributed by atoms with Crippen LogP contribution in [-0.4, -0.2) is 54.4 Å². The molecule has 9 nitrogen and oxygen atoms in total. The first kappa shape index (κ1) is 34.0. The Bertz CT molecular complexity index is 1700. The number of sulfone groups is 1. The second-order valence-electron chi connectivity index (χ2n) is 9.62. The van der Waals surface area contributed by atoms with E-state index in [1.54, 1.807) is 23.9 Å². The van der Waals surface area contributed by atoms with Gasteiger partial charge >= 0.3 is 12.1 Å². The molecule has 43 heavy (non-hydrogen) atoms. The number of benzene rings is 2. The zero-order valence-corrected chi connectivity index (χ0v) is 25.5. The SMILES string of the molecule is COc1cccc2c1c(CS(=O)(=O)c1ccc(Cl)s1)nn2Cc1cccc(CCC(=O)CC(C)N)c1.O=C(O)C(F)(F)F.